The van der Waals surface area contributed by atoms with Crippen molar-refractivity contribution in [3.05, 3.63) is 24.3 Å². The van der Waals surface area contributed by atoms with Crippen LogP contribution in [0.3, 0.4) is 0 Å². The van der Waals surface area contributed by atoms with Crippen molar-refractivity contribution in [3.63, 3.8) is 0 Å². The predicted molar refractivity (Wildman–Crippen MR) is 86.5 cm³/mol. The van der Waals surface area contributed by atoms with Crippen molar-refractivity contribution < 1.29 is 19.5 Å². The number of anilines is 1. The summed E-state index contributed by atoms with van der Waals surface area (Å²) in [5.41, 5.74) is 0.0977. The zero-order chi connectivity index (χ0) is 16.4. The summed E-state index contributed by atoms with van der Waals surface area (Å²) in [5.74, 6) is -1.02. The first-order valence-electron chi connectivity index (χ1n) is 7.54. The number of nitrogens with zero attached hydrogens (tertiary/aromatic N) is 1. The fourth-order valence-corrected chi connectivity index (χ4v) is 3.98. The Kier molecular flexibility index (Phi) is 4.30. The molecule has 2 amide bonds. The number of nitrogens with one attached hydrogen (secondary N) is 1. The second-order valence-corrected chi connectivity index (χ2v) is 7.01. The number of carboxylic acid groups (broad SMARTS) is 1. The first-order valence-corrected chi connectivity index (χ1v) is 8.53. The monoisotopic (exact) mass is 334 g/mol. The van der Waals surface area contributed by atoms with E-state index in [1.165, 1.54) is 16.7 Å². The van der Waals surface area contributed by atoms with Gasteiger partial charge in [0.2, 0.25) is 11.8 Å². The van der Waals surface area contributed by atoms with Crippen LogP contribution in [0.25, 0.3) is 0 Å². The Morgan fingerprint density at radius 2 is 2.04 bits per heavy atom. The fraction of sp³-hybridized carbons (Fsp3) is 0.438. The second kappa shape index (κ2) is 6.23. The molecule has 1 saturated carbocycles. The van der Waals surface area contributed by atoms with Gasteiger partial charge in [0.15, 0.2) is 0 Å². The van der Waals surface area contributed by atoms with Crippen LogP contribution in [0.15, 0.2) is 29.2 Å². The second-order valence-electron chi connectivity index (χ2n) is 5.99. The smallest absolute Gasteiger partial charge is 0.305 e. The van der Waals surface area contributed by atoms with Crippen molar-refractivity contribution >= 4 is 35.2 Å². The molecule has 1 heterocycles. The number of amides is 2. The third-order valence-corrected chi connectivity index (χ3v) is 5.36. The van der Waals surface area contributed by atoms with Crippen molar-refractivity contribution in [1.82, 2.24) is 5.32 Å². The predicted octanol–water partition coefficient (Wildman–Crippen LogP) is 1.64. The molecule has 7 heteroatoms. The summed E-state index contributed by atoms with van der Waals surface area (Å²) in [4.78, 5) is 37.9. The van der Waals surface area contributed by atoms with Gasteiger partial charge in [-0.3, -0.25) is 14.4 Å². The highest BCUT2D eigenvalue weighted by molar-refractivity contribution is 8.00. The maximum Gasteiger partial charge on any atom is 0.305 e. The summed E-state index contributed by atoms with van der Waals surface area (Å²) in [7, 11) is 0. The van der Waals surface area contributed by atoms with E-state index in [9.17, 15) is 14.4 Å². The van der Waals surface area contributed by atoms with Crippen LogP contribution in [0, 0.1) is 0 Å². The lowest BCUT2D eigenvalue weighted by atomic mass is 9.74. The fourth-order valence-electron chi connectivity index (χ4n) is 3.05. The van der Waals surface area contributed by atoms with Gasteiger partial charge < -0.3 is 15.3 Å². The highest BCUT2D eigenvalue weighted by Gasteiger charge is 2.40. The van der Waals surface area contributed by atoms with Crippen LogP contribution < -0.4 is 10.2 Å². The van der Waals surface area contributed by atoms with E-state index in [0.717, 1.165) is 17.0 Å². The SMILES string of the molecule is O=C(O)CC1(NC(=O)CN2C(=O)CSc3ccccc32)CCC1. The van der Waals surface area contributed by atoms with Gasteiger partial charge in [0, 0.05) is 4.90 Å². The zero-order valence-electron chi connectivity index (χ0n) is 12.6. The molecule has 0 saturated heterocycles. The van der Waals surface area contributed by atoms with Gasteiger partial charge in [0.1, 0.15) is 6.54 Å². The molecule has 3 rings (SSSR count). The van der Waals surface area contributed by atoms with Crippen LogP contribution in [0.4, 0.5) is 5.69 Å². The van der Waals surface area contributed by atoms with Gasteiger partial charge in [-0.15, -0.1) is 11.8 Å². The van der Waals surface area contributed by atoms with Gasteiger partial charge in [-0.2, -0.15) is 0 Å². The highest BCUT2D eigenvalue weighted by Crippen LogP contribution is 2.36. The average Bonchev–Trinajstić information content (AvgIpc) is 2.47. The maximum atomic E-state index is 12.4. The minimum Gasteiger partial charge on any atom is -0.481 e. The standard InChI is InChI=1S/C16H18N2O4S/c19-13(17-16(6-3-7-16)8-15(21)22)9-18-11-4-1-2-5-12(11)23-10-14(18)20/h1-2,4-5H,3,6-10H2,(H,17,19)(H,21,22). The Labute approximate surface area is 138 Å². The number of carbonyl (C=O) groups is 3. The summed E-state index contributed by atoms with van der Waals surface area (Å²) < 4.78 is 0. The van der Waals surface area contributed by atoms with Crippen molar-refractivity contribution in [2.24, 2.45) is 0 Å². The first-order chi connectivity index (χ1) is 11.0. The minimum absolute atomic E-state index is 0.0703. The van der Waals surface area contributed by atoms with E-state index in [0.29, 0.717) is 18.6 Å². The highest BCUT2D eigenvalue weighted by atomic mass is 32.2. The lowest BCUT2D eigenvalue weighted by Gasteiger charge is -2.42. The van der Waals surface area contributed by atoms with E-state index < -0.39 is 11.5 Å². The van der Waals surface area contributed by atoms with Gasteiger partial charge in [-0.05, 0) is 31.4 Å². The molecular formula is C16H18N2O4S. The molecule has 6 nitrogen and oxygen atoms in total. The van der Waals surface area contributed by atoms with Crippen LogP contribution in [0.2, 0.25) is 0 Å². The lowest BCUT2D eigenvalue weighted by molar-refractivity contribution is -0.140. The summed E-state index contributed by atoms with van der Waals surface area (Å²) >= 11 is 1.46. The van der Waals surface area contributed by atoms with E-state index in [1.807, 2.05) is 24.3 Å². The van der Waals surface area contributed by atoms with Crippen LogP contribution in [0.1, 0.15) is 25.7 Å². The van der Waals surface area contributed by atoms with E-state index in [-0.39, 0.29) is 24.8 Å². The van der Waals surface area contributed by atoms with Crippen LogP contribution in [-0.2, 0) is 14.4 Å². The first kappa shape index (κ1) is 15.9. The molecule has 23 heavy (non-hydrogen) atoms. The molecule has 0 spiro atoms. The number of rotatable bonds is 5. The maximum absolute atomic E-state index is 12.4. The van der Waals surface area contributed by atoms with Crippen LogP contribution >= 0.6 is 11.8 Å². The van der Waals surface area contributed by atoms with Gasteiger partial charge in [-0.1, -0.05) is 12.1 Å². The molecule has 2 aliphatic rings. The van der Waals surface area contributed by atoms with Gasteiger partial charge in [0.05, 0.1) is 23.4 Å². The van der Waals surface area contributed by atoms with Gasteiger partial charge >= 0.3 is 5.97 Å². The van der Waals surface area contributed by atoms with Crippen LogP contribution in [-0.4, -0.2) is 40.7 Å². The Morgan fingerprint density at radius 3 is 2.70 bits per heavy atom. The average molecular weight is 334 g/mol. The third-order valence-electron chi connectivity index (χ3n) is 4.31. The molecule has 0 bridgehead atoms. The molecule has 122 valence electrons. The van der Waals surface area contributed by atoms with Crippen LogP contribution in [0.5, 0.6) is 0 Å². The Morgan fingerprint density at radius 1 is 1.30 bits per heavy atom. The number of hydrogen-bond acceptors (Lipinski definition) is 4. The Hall–Kier alpha value is -2.02. The topological polar surface area (TPSA) is 86.7 Å². The van der Waals surface area contributed by atoms with Gasteiger partial charge in [0.25, 0.3) is 0 Å². The van der Waals surface area contributed by atoms with Crippen molar-refractivity contribution in [1.29, 1.82) is 0 Å². The number of para-hydroxylation sites is 1. The number of benzene rings is 1. The molecule has 1 aromatic rings. The summed E-state index contributed by atoms with van der Waals surface area (Å²) in [6, 6.07) is 7.48. The molecule has 1 aliphatic carbocycles. The van der Waals surface area contributed by atoms with Crippen molar-refractivity contribution in [2.75, 3.05) is 17.2 Å². The molecule has 0 unspecified atom stereocenters. The molecule has 1 aliphatic heterocycles. The molecule has 0 aromatic heterocycles. The van der Waals surface area contributed by atoms with E-state index in [1.54, 1.807) is 0 Å². The normalized spacial score (nSPS) is 18.8. The summed E-state index contributed by atoms with van der Waals surface area (Å²) in [6.07, 6.45) is 2.19. The summed E-state index contributed by atoms with van der Waals surface area (Å²) in [5, 5.41) is 11.8. The minimum atomic E-state index is -0.916. The molecule has 2 N–H and O–H groups in total. The molecule has 0 radical (unpaired) electrons. The number of hydrogen-bond donors (Lipinski definition) is 2. The number of thioether (sulfide) groups is 1. The molecule has 1 fully saturated rings. The van der Waals surface area contributed by atoms with E-state index >= 15 is 0 Å². The molecular weight excluding hydrogens is 316 g/mol. The number of fused-ring (bicyclic) bond motifs is 1. The Bertz CT molecular complexity index is 657. The largest absolute Gasteiger partial charge is 0.481 e. The molecule has 0 atom stereocenters. The van der Waals surface area contributed by atoms with Crippen molar-refractivity contribution in [2.45, 2.75) is 36.1 Å². The lowest BCUT2D eigenvalue weighted by Crippen LogP contribution is -2.57. The molecule has 1 aromatic carbocycles. The van der Waals surface area contributed by atoms with E-state index in [4.69, 9.17) is 5.11 Å². The number of carbonyl (C=O) groups excluding carboxylic acids is 2. The Balaban J connectivity index is 1.70. The quantitative estimate of drug-likeness (QED) is 0.855. The third kappa shape index (κ3) is 3.34. The number of carboxylic acids is 1. The summed E-state index contributed by atoms with van der Waals surface area (Å²) in [6.45, 7) is -0.0717. The zero-order valence-corrected chi connectivity index (χ0v) is 13.4. The van der Waals surface area contributed by atoms with Gasteiger partial charge in [-0.25, -0.2) is 0 Å². The van der Waals surface area contributed by atoms with E-state index in [2.05, 4.69) is 5.32 Å². The number of aliphatic carboxylic acids is 1. The van der Waals surface area contributed by atoms with Crippen molar-refractivity contribution in [3.8, 4) is 0 Å².